The average Bonchev–Trinajstić information content (AvgIpc) is 3.48. The molecule has 0 spiro atoms. The van der Waals surface area contributed by atoms with Gasteiger partial charge in [-0.3, -0.25) is 9.55 Å². The van der Waals surface area contributed by atoms with Gasteiger partial charge in [-0.2, -0.15) is 0 Å². The summed E-state index contributed by atoms with van der Waals surface area (Å²) in [4.78, 5) is 10.2. The van der Waals surface area contributed by atoms with Crippen LogP contribution in [0.4, 0.5) is 0 Å². The van der Waals surface area contributed by atoms with Crippen LogP contribution in [0.2, 0.25) is 0 Å². The van der Waals surface area contributed by atoms with E-state index >= 15 is 0 Å². The van der Waals surface area contributed by atoms with Gasteiger partial charge in [-0.25, -0.2) is 4.98 Å². The number of benzene rings is 5. The number of phenols is 1. The molecule has 0 aliphatic heterocycles. The molecule has 0 atom stereocenters. The van der Waals surface area contributed by atoms with Crippen LogP contribution in [0.1, 0.15) is 52.7 Å². The number of aromatic nitrogens is 3. The molecular weight excluding hydrogens is 587 g/mol. The SMILES string of the molecule is CC(C)(C)c1cc(C(C)(C)C)c(-c2cccc3c2nc(-c2cc(-c4ccccc4)ccc2O)n3-c2ccccc2)cc1-c1ccccn1. The van der Waals surface area contributed by atoms with Gasteiger partial charge >= 0.3 is 0 Å². The van der Waals surface area contributed by atoms with Crippen LogP contribution < -0.4 is 0 Å². The molecule has 0 saturated heterocycles. The third kappa shape index (κ3) is 5.68. The quantitative estimate of drug-likeness (QED) is 0.207. The lowest BCUT2D eigenvalue weighted by Crippen LogP contribution is -2.19. The first kappa shape index (κ1) is 31.1. The van der Waals surface area contributed by atoms with Crippen LogP contribution >= 0.6 is 0 Å². The molecule has 238 valence electrons. The van der Waals surface area contributed by atoms with Crippen LogP contribution in [-0.4, -0.2) is 19.6 Å². The van der Waals surface area contributed by atoms with Gasteiger partial charge in [0.15, 0.2) is 0 Å². The lowest BCUT2D eigenvalue weighted by atomic mass is 9.74. The monoisotopic (exact) mass is 627 g/mol. The van der Waals surface area contributed by atoms with Crippen LogP contribution in [0, 0.1) is 0 Å². The molecule has 4 heteroatoms. The topological polar surface area (TPSA) is 50.9 Å². The number of pyridine rings is 1. The van der Waals surface area contributed by atoms with E-state index in [0.717, 1.165) is 50.2 Å². The summed E-state index contributed by atoms with van der Waals surface area (Å²) in [5.41, 5.74) is 12.1. The number of hydrogen-bond donors (Lipinski definition) is 1. The van der Waals surface area contributed by atoms with E-state index in [9.17, 15) is 5.11 Å². The molecule has 48 heavy (non-hydrogen) atoms. The summed E-state index contributed by atoms with van der Waals surface area (Å²) in [5, 5.41) is 11.4. The first-order valence-electron chi connectivity index (χ1n) is 16.6. The molecule has 7 aromatic rings. The van der Waals surface area contributed by atoms with Gasteiger partial charge in [-0.05, 0) is 87.2 Å². The molecule has 0 fully saturated rings. The minimum Gasteiger partial charge on any atom is -0.507 e. The third-order valence-corrected chi connectivity index (χ3v) is 9.05. The van der Waals surface area contributed by atoms with E-state index in [0.29, 0.717) is 11.4 Å². The lowest BCUT2D eigenvalue weighted by Gasteiger charge is -2.30. The summed E-state index contributed by atoms with van der Waals surface area (Å²) >= 11 is 0. The third-order valence-electron chi connectivity index (χ3n) is 9.05. The molecular formula is C44H41N3O. The Morgan fingerprint density at radius 3 is 1.88 bits per heavy atom. The maximum atomic E-state index is 11.4. The fraction of sp³-hybridized carbons (Fsp3) is 0.182. The van der Waals surface area contributed by atoms with Crippen LogP contribution in [0.25, 0.3) is 61.6 Å². The van der Waals surface area contributed by atoms with Crippen LogP contribution in [-0.2, 0) is 10.8 Å². The Bertz CT molecular complexity index is 2240. The molecule has 0 aliphatic carbocycles. The maximum Gasteiger partial charge on any atom is 0.149 e. The highest BCUT2D eigenvalue weighted by molar-refractivity contribution is 5.98. The number of nitrogens with zero attached hydrogens (tertiary/aromatic N) is 3. The van der Waals surface area contributed by atoms with Gasteiger partial charge in [-0.1, -0.05) is 120 Å². The molecule has 0 unspecified atom stereocenters. The molecule has 7 rings (SSSR count). The number of aromatic hydroxyl groups is 1. The number of fused-ring (bicyclic) bond motifs is 1. The molecule has 2 aromatic heterocycles. The van der Waals surface area contributed by atoms with Crippen molar-refractivity contribution in [2.24, 2.45) is 0 Å². The Labute approximate surface area is 283 Å². The van der Waals surface area contributed by atoms with Crippen molar-refractivity contribution in [3.05, 3.63) is 145 Å². The van der Waals surface area contributed by atoms with Crippen molar-refractivity contribution in [2.75, 3.05) is 0 Å². The molecule has 1 N–H and O–H groups in total. The fourth-order valence-corrected chi connectivity index (χ4v) is 6.66. The Morgan fingerprint density at radius 1 is 0.542 bits per heavy atom. The van der Waals surface area contributed by atoms with Gasteiger partial charge in [0.1, 0.15) is 11.6 Å². The number of imidazole rings is 1. The summed E-state index contributed by atoms with van der Waals surface area (Å²) in [6.07, 6.45) is 1.86. The zero-order chi connectivity index (χ0) is 33.6. The molecule has 0 saturated carbocycles. The summed E-state index contributed by atoms with van der Waals surface area (Å²) in [7, 11) is 0. The molecule has 0 radical (unpaired) electrons. The number of rotatable bonds is 5. The largest absolute Gasteiger partial charge is 0.507 e. The van der Waals surface area contributed by atoms with Gasteiger partial charge in [-0.15, -0.1) is 0 Å². The van der Waals surface area contributed by atoms with Gasteiger partial charge in [0, 0.05) is 23.0 Å². The zero-order valence-corrected chi connectivity index (χ0v) is 28.5. The summed E-state index contributed by atoms with van der Waals surface area (Å²) < 4.78 is 2.17. The number of para-hydroxylation sites is 2. The predicted octanol–water partition coefficient (Wildman–Crippen LogP) is 11.4. The molecule has 2 heterocycles. The first-order valence-corrected chi connectivity index (χ1v) is 16.6. The Kier molecular flexibility index (Phi) is 7.75. The summed E-state index contributed by atoms with van der Waals surface area (Å²) in [5.74, 6) is 0.874. The van der Waals surface area contributed by atoms with Crippen molar-refractivity contribution < 1.29 is 5.11 Å². The van der Waals surface area contributed by atoms with Crippen molar-refractivity contribution >= 4 is 11.0 Å². The van der Waals surface area contributed by atoms with E-state index in [1.807, 2.05) is 60.8 Å². The summed E-state index contributed by atoms with van der Waals surface area (Å²) in [6.45, 7) is 13.6. The van der Waals surface area contributed by atoms with Crippen molar-refractivity contribution in [1.82, 2.24) is 14.5 Å². The fourth-order valence-electron chi connectivity index (χ4n) is 6.66. The Balaban J connectivity index is 1.56. The molecule has 0 amide bonds. The molecule has 4 nitrogen and oxygen atoms in total. The Morgan fingerprint density at radius 2 is 1.21 bits per heavy atom. The van der Waals surface area contributed by atoms with Gasteiger partial charge in [0.05, 0.1) is 22.3 Å². The molecule has 5 aromatic carbocycles. The smallest absolute Gasteiger partial charge is 0.149 e. The Hall–Kier alpha value is -5.48. The van der Waals surface area contributed by atoms with Crippen molar-refractivity contribution in [3.8, 4) is 56.3 Å². The highest BCUT2D eigenvalue weighted by atomic mass is 16.3. The molecule has 0 bridgehead atoms. The van der Waals surface area contributed by atoms with E-state index in [4.69, 9.17) is 9.97 Å². The second-order valence-electron chi connectivity index (χ2n) is 14.5. The van der Waals surface area contributed by atoms with Crippen LogP contribution in [0.15, 0.2) is 134 Å². The number of phenolic OH excluding ortho intramolecular Hbond substituents is 1. The molecule has 0 aliphatic rings. The standard InChI is InChI=1S/C44H41N3O/c1-43(2,3)36-28-37(44(4,5)6)34(38-21-13-14-25-45-38)27-33(36)32-20-15-22-39-41(32)46-42(47(39)31-18-11-8-12-19-31)35-26-30(23-24-40(35)48)29-16-9-7-10-17-29/h7-28,48H,1-6H3. The highest BCUT2D eigenvalue weighted by Gasteiger charge is 2.28. The van der Waals surface area contributed by atoms with E-state index in [1.54, 1.807) is 6.07 Å². The normalized spacial score (nSPS) is 12.0. The summed E-state index contributed by atoms with van der Waals surface area (Å²) in [6, 6.07) is 43.6. The van der Waals surface area contributed by atoms with Crippen molar-refractivity contribution in [2.45, 2.75) is 52.4 Å². The van der Waals surface area contributed by atoms with E-state index < -0.39 is 0 Å². The highest BCUT2D eigenvalue weighted by Crippen LogP contribution is 2.45. The van der Waals surface area contributed by atoms with E-state index in [2.05, 4.69) is 113 Å². The van der Waals surface area contributed by atoms with Crippen molar-refractivity contribution in [1.29, 1.82) is 0 Å². The second kappa shape index (κ2) is 12.0. The maximum absolute atomic E-state index is 11.4. The first-order chi connectivity index (χ1) is 23.0. The minimum atomic E-state index is -0.146. The van der Waals surface area contributed by atoms with Gasteiger partial charge < -0.3 is 5.11 Å². The number of hydrogen-bond acceptors (Lipinski definition) is 3. The lowest BCUT2D eigenvalue weighted by molar-refractivity contribution is 0.477. The zero-order valence-electron chi connectivity index (χ0n) is 28.5. The predicted molar refractivity (Wildman–Crippen MR) is 200 cm³/mol. The second-order valence-corrected chi connectivity index (χ2v) is 14.5. The van der Waals surface area contributed by atoms with Crippen molar-refractivity contribution in [3.63, 3.8) is 0 Å². The van der Waals surface area contributed by atoms with Gasteiger partial charge in [0.2, 0.25) is 0 Å². The van der Waals surface area contributed by atoms with Crippen LogP contribution in [0.3, 0.4) is 0 Å². The minimum absolute atomic E-state index is 0.0965. The van der Waals surface area contributed by atoms with E-state index in [1.165, 1.54) is 11.1 Å². The van der Waals surface area contributed by atoms with E-state index in [-0.39, 0.29) is 16.6 Å². The van der Waals surface area contributed by atoms with Crippen LogP contribution in [0.5, 0.6) is 5.75 Å². The van der Waals surface area contributed by atoms with Gasteiger partial charge in [0.25, 0.3) is 0 Å². The average molecular weight is 628 g/mol.